The number of aromatic nitrogens is 2. The van der Waals surface area contributed by atoms with Crippen LogP contribution in [0.15, 0.2) is 66.7 Å². The summed E-state index contributed by atoms with van der Waals surface area (Å²) in [5.41, 5.74) is 1.54. The third-order valence-corrected chi connectivity index (χ3v) is 6.15. The van der Waals surface area contributed by atoms with E-state index in [1.54, 1.807) is 7.11 Å². The number of benzene rings is 3. The Morgan fingerprint density at radius 1 is 0.912 bits per heavy atom. The van der Waals surface area contributed by atoms with E-state index in [0.717, 1.165) is 22.1 Å². The lowest BCUT2D eigenvalue weighted by atomic mass is 10.0. The first-order valence-corrected chi connectivity index (χ1v) is 11.6. The van der Waals surface area contributed by atoms with Crippen molar-refractivity contribution in [3.8, 4) is 16.3 Å². The number of nitrogens with zero attached hydrogens (tertiary/aromatic N) is 2. The summed E-state index contributed by atoms with van der Waals surface area (Å²) in [4.78, 5) is 25.7. The Bertz CT molecular complexity index is 1300. The van der Waals surface area contributed by atoms with Gasteiger partial charge < -0.3 is 15.4 Å². The van der Waals surface area contributed by atoms with Crippen molar-refractivity contribution < 1.29 is 14.3 Å². The highest BCUT2D eigenvalue weighted by Gasteiger charge is 2.25. The molecule has 9 heteroatoms. The first-order chi connectivity index (χ1) is 16.4. The molecule has 3 N–H and O–H groups in total. The maximum Gasteiger partial charge on any atom is 0.319 e. The van der Waals surface area contributed by atoms with Crippen molar-refractivity contribution in [2.75, 3.05) is 17.7 Å². The Morgan fingerprint density at radius 3 is 2.38 bits per heavy atom. The van der Waals surface area contributed by atoms with Gasteiger partial charge in [0.2, 0.25) is 11.0 Å². The Kier molecular flexibility index (Phi) is 7.03. The number of methoxy groups -OCH3 is 1. The summed E-state index contributed by atoms with van der Waals surface area (Å²) < 4.78 is 5.17. The van der Waals surface area contributed by atoms with E-state index in [0.29, 0.717) is 15.8 Å². The molecule has 0 radical (unpaired) electrons. The molecule has 1 aromatic heterocycles. The second-order valence-corrected chi connectivity index (χ2v) is 8.95. The number of anilines is 2. The second-order valence-electron chi connectivity index (χ2n) is 7.98. The molecule has 3 aromatic carbocycles. The van der Waals surface area contributed by atoms with Gasteiger partial charge in [0.1, 0.15) is 16.8 Å². The minimum absolute atomic E-state index is 0.146. The maximum absolute atomic E-state index is 13.0. The van der Waals surface area contributed by atoms with E-state index in [4.69, 9.17) is 4.74 Å². The molecule has 0 saturated heterocycles. The highest BCUT2D eigenvalue weighted by Crippen LogP contribution is 2.28. The van der Waals surface area contributed by atoms with Crippen molar-refractivity contribution in [3.05, 3.63) is 66.7 Å². The van der Waals surface area contributed by atoms with Gasteiger partial charge in [-0.1, -0.05) is 61.6 Å². The molecule has 0 bridgehead atoms. The standard InChI is InChI=1S/C25H25N5O3S/c1-15(2)21(27-24(32)26-20-10-6-8-16-7-4-5-9-19(16)20)22(31)28-25-30-29-23(34-25)17-11-13-18(33-3)14-12-17/h4-15,21H,1-3H3,(H2,26,27,32)(H,28,30,31). The minimum Gasteiger partial charge on any atom is -0.497 e. The van der Waals surface area contributed by atoms with Crippen LogP contribution < -0.4 is 20.7 Å². The van der Waals surface area contributed by atoms with Crippen LogP contribution in [0.1, 0.15) is 13.8 Å². The van der Waals surface area contributed by atoms with Gasteiger partial charge in [0.25, 0.3) is 0 Å². The quantitative estimate of drug-likeness (QED) is 0.343. The van der Waals surface area contributed by atoms with E-state index in [1.807, 2.05) is 80.6 Å². The molecule has 0 aliphatic rings. The molecule has 0 aliphatic heterocycles. The first-order valence-electron chi connectivity index (χ1n) is 10.8. The lowest BCUT2D eigenvalue weighted by molar-refractivity contribution is -0.118. The van der Waals surface area contributed by atoms with Gasteiger partial charge in [-0.3, -0.25) is 10.1 Å². The molecule has 8 nitrogen and oxygen atoms in total. The normalized spacial score (nSPS) is 11.8. The van der Waals surface area contributed by atoms with E-state index < -0.39 is 12.1 Å². The highest BCUT2D eigenvalue weighted by atomic mass is 32.1. The number of rotatable bonds is 7. The van der Waals surface area contributed by atoms with Crippen molar-refractivity contribution in [2.24, 2.45) is 5.92 Å². The van der Waals surface area contributed by atoms with Crippen LogP contribution in [0.2, 0.25) is 0 Å². The fraction of sp³-hybridized carbons (Fsp3) is 0.200. The Balaban J connectivity index is 1.42. The van der Waals surface area contributed by atoms with Gasteiger partial charge in [-0.05, 0) is 41.6 Å². The fourth-order valence-corrected chi connectivity index (χ4v) is 4.23. The van der Waals surface area contributed by atoms with Gasteiger partial charge in [-0.25, -0.2) is 4.79 Å². The number of nitrogens with one attached hydrogen (secondary N) is 3. The number of carbonyl (C=O) groups excluding carboxylic acids is 2. The van der Waals surface area contributed by atoms with Crippen molar-refractivity contribution in [2.45, 2.75) is 19.9 Å². The summed E-state index contributed by atoms with van der Waals surface area (Å²) in [6.45, 7) is 3.73. The number of urea groups is 1. The summed E-state index contributed by atoms with van der Waals surface area (Å²) in [7, 11) is 1.61. The zero-order valence-electron chi connectivity index (χ0n) is 19.0. The molecule has 1 unspecified atom stereocenters. The van der Waals surface area contributed by atoms with Gasteiger partial charge in [-0.2, -0.15) is 0 Å². The van der Waals surface area contributed by atoms with Crippen LogP contribution in [0, 0.1) is 5.92 Å². The third-order valence-electron chi connectivity index (χ3n) is 5.27. The van der Waals surface area contributed by atoms with Crippen LogP contribution >= 0.6 is 11.3 Å². The molecule has 0 spiro atoms. The molecule has 0 saturated carbocycles. The van der Waals surface area contributed by atoms with Crippen LogP contribution in [0.25, 0.3) is 21.3 Å². The zero-order chi connectivity index (χ0) is 24.1. The molecule has 3 amide bonds. The van der Waals surface area contributed by atoms with Gasteiger partial charge in [0.15, 0.2) is 0 Å². The number of carbonyl (C=O) groups is 2. The van der Waals surface area contributed by atoms with Crippen LogP contribution in [0.5, 0.6) is 5.75 Å². The first kappa shape index (κ1) is 23.2. The SMILES string of the molecule is COc1ccc(-c2nnc(NC(=O)C(NC(=O)Nc3cccc4ccccc34)C(C)C)s2)cc1. The predicted octanol–water partition coefficient (Wildman–Crippen LogP) is 5.15. The molecule has 174 valence electrons. The average molecular weight is 476 g/mol. The van der Waals surface area contributed by atoms with Crippen molar-refractivity contribution in [1.82, 2.24) is 15.5 Å². The third kappa shape index (κ3) is 5.32. The number of hydrogen-bond acceptors (Lipinski definition) is 6. The lowest BCUT2D eigenvalue weighted by Gasteiger charge is -2.21. The van der Waals surface area contributed by atoms with Gasteiger partial charge in [0, 0.05) is 10.9 Å². The topological polar surface area (TPSA) is 105 Å². The predicted molar refractivity (Wildman–Crippen MR) is 135 cm³/mol. The number of amides is 3. The minimum atomic E-state index is -0.761. The van der Waals surface area contributed by atoms with Crippen molar-refractivity contribution in [1.29, 1.82) is 0 Å². The van der Waals surface area contributed by atoms with Crippen molar-refractivity contribution >= 4 is 44.9 Å². The summed E-state index contributed by atoms with van der Waals surface area (Å²) in [5, 5.41) is 19.6. The number of ether oxygens (including phenoxy) is 1. The molecule has 34 heavy (non-hydrogen) atoms. The molecule has 4 aromatic rings. The van der Waals surface area contributed by atoms with E-state index in [2.05, 4.69) is 26.1 Å². The highest BCUT2D eigenvalue weighted by molar-refractivity contribution is 7.18. The van der Waals surface area contributed by atoms with Crippen LogP contribution in [0.4, 0.5) is 15.6 Å². The molecular formula is C25H25N5O3S. The van der Waals surface area contributed by atoms with E-state index in [-0.39, 0.29) is 11.8 Å². The second kappa shape index (κ2) is 10.3. The Morgan fingerprint density at radius 2 is 1.65 bits per heavy atom. The van der Waals surface area contributed by atoms with Gasteiger partial charge >= 0.3 is 6.03 Å². The summed E-state index contributed by atoms with van der Waals surface area (Å²) >= 11 is 1.26. The Labute approximate surface area is 201 Å². The summed E-state index contributed by atoms with van der Waals surface area (Å²) in [5.74, 6) is 0.238. The fourth-order valence-electron chi connectivity index (χ4n) is 3.48. The zero-order valence-corrected chi connectivity index (χ0v) is 19.8. The summed E-state index contributed by atoms with van der Waals surface area (Å²) in [6.07, 6.45) is 0. The van der Waals surface area contributed by atoms with E-state index in [9.17, 15) is 9.59 Å². The molecule has 1 heterocycles. The van der Waals surface area contributed by atoms with Crippen LogP contribution in [0.3, 0.4) is 0 Å². The van der Waals surface area contributed by atoms with Gasteiger partial charge in [-0.15, -0.1) is 10.2 Å². The average Bonchev–Trinajstić information content (AvgIpc) is 3.31. The van der Waals surface area contributed by atoms with E-state index >= 15 is 0 Å². The molecule has 4 rings (SSSR count). The maximum atomic E-state index is 13.0. The Hall–Kier alpha value is -3.98. The smallest absolute Gasteiger partial charge is 0.319 e. The largest absolute Gasteiger partial charge is 0.497 e. The van der Waals surface area contributed by atoms with E-state index in [1.165, 1.54) is 11.3 Å². The summed E-state index contributed by atoms with van der Waals surface area (Å²) in [6, 6.07) is 19.7. The number of fused-ring (bicyclic) bond motifs is 1. The van der Waals surface area contributed by atoms with Gasteiger partial charge in [0.05, 0.1) is 12.8 Å². The molecular weight excluding hydrogens is 450 g/mol. The lowest BCUT2D eigenvalue weighted by Crippen LogP contribution is -2.48. The molecule has 0 fully saturated rings. The molecule has 1 atom stereocenters. The monoisotopic (exact) mass is 475 g/mol. The van der Waals surface area contributed by atoms with Crippen LogP contribution in [-0.4, -0.2) is 35.3 Å². The number of hydrogen-bond donors (Lipinski definition) is 3. The van der Waals surface area contributed by atoms with Crippen LogP contribution in [-0.2, 0) is 4.79 Å². The van der Waals surface area contributed by atoms with Crippen molar-refractivity contribution in [3.63, 3.8) is 0 Å². The molecule has 0 aliphatic carbocycles.